The van der Waals surface area contributed by atoms with Gasteiger partial charge >= 0.3 is 5.97 Å². The van der Waals surface area contributed by atoms with Crippen LogP contribution in [0.4, 0.5) is 4.39 Å². The fourth-order valence-corrected chi connectivity index (χ4v) is 5.99. The molecular weight excluding hydrogens is 437 g/mol. The molecule has 0 saturated heterocycles. The Balaban J connectivity index is 1.55. The smallest absolute Gasteiger partial charge is 0.335 e. The van der Waals surface area contributed by atoms with Gasteiger partial charge in [0.15, 0.2) is 0 Å². The summed E-state index contributed by atoms with van der Waals surface area (Å²) in [7, 11) is 0. The standard InChI is InChI=1S/C27H30FNO3S/c1-17(19-10-12-20(13-11-19)27(31)32)29-26(30)25-22-5-3-2-4-6-23(22)33-24(25)16-9-18-7-14-21(28)15-8-18/h7-8,10-15,17,26,29-30H,2-6,9,16H2,1H3,(H,31,32)/t17-,26?/m0/s1. The van der Waals surface area contributed by atoms with Gasteiger partial charge in [-0.15, -0.1) is 11.3 Å². The van der Waals surface area contributed by atoms with Crippen molar-refractivity contribution in [2.75, 3.05) is 0 Å². The van der Waals surface area contributed by atoms with E-state index in [0.717, 1.165) is 48.8 Å². The van der Waals surface area contributed by atoms with E-state index in [2.05, 4.69) is 5.32 Å². The summed E-state index contributed by atoms with van der Waals surface area (Å²) >= 11 is 1.81. The number of carboxylic acids is 1. The van der Waals surface area contributed by atoms with Crippen LogP contribution in [0.15, 0.2) is 48.5 Å². The molecule has 1 unspecified atom stereocenters. The summed E-state index contributed by atoms with van der Waals surface area (Å²) in [4.78, 5) is 13.7. The molecule has 0 amide bonds. The third-order valence-electron chi connectivity index (χ3n) is 6.43. The zero-order chi connectivity index (χ0) is 23.4. The Hall–Kier alpha value is -2.54. The lowest BCUT2D eigenvalue weighted by Gasteiger charge is -2.22. The second-order valence-electron chi connectivity index (χ2n) is 8.75. The first-order valence-corrected chi connectivity index (χ1v) is 12.4. The number of halogens is 1. The number of aryl methyl sites for hydroxylation is 3. The summed E-state index contributed by atoms with van der Waals surface area (Å²) in [6, 6.07) is 13.3. The average Bonchev–Trinajstić information content (AvgIpc) is 2.99. The Morgan fingerprint density at radius 1 is 1.03 bits per heavy atom. The van der Waals surface area contributed by atoms with Crippen molar-refractivity contribution < 1.29 is 19.4 Å². The maximum absolute atomic E-state index is 13.3. The van der Waals surface area contributed by atoms with Gasteiger partial charge < -0.3 is 10.2 Å². The number of benzene rings is 2. The van der Waals surface area contributed by atoms with Gasteiger partial charge in [-0.2, -0.15) is 0 Å². The molecule has 0 fully saturated rings. The first-order valence-electron chi connectivity index (χ1n) is 11.6. The minimum atomic E-state index is -0.950. The Morgan fingerprint density at radius 3 is 2.42 bits per heavy atom. The number of aromatic carboxylic acids is 1. The van der Waals surface area contributed by atoms with Crippen LogP contribution < -0.4 is 5.32 Å². The molecule has 0 aliphatic heterocycles. The minimum absolute atomic E-state index is 0.144. The van der Waals surface area contributed by atoms with Crippen LogP contribution in [-0.2, 0) is 25.7 Å². The molecule has 1 aromatic heterocycles. The number of aliphatic hydroxyl groups excluding tert-OH is 1. The second-order valence-corrected chi connectivity index (χ2v) is 9.94. The van der Waals surface area contributed by atoms with Gasteiger partial charge in [-0.05, 0) is 86.4 Å². The number of hydrogen-bond donors (Lipinski definition) is 3. The van der Waals surface area contributed by atoms with Crippen molar-refractivity contribution in [3.05, 3.63) is 91.9 Å². The molecule has 1 heterocycles. The molecule has 4 rings (SSSR count). The SMILES string of the molecule is C[C@H](NC(O)c1c(CCc2ccc(F)cc2)sc2c1CCCCC2)c1ccc(C(=O)O)cc1. The van der Waals surface area contributed by atoms with Crippen molar-refractivity contribution in [3.8, 4) is 0 Å². The summed E-state index contributed by atoms with van der Waals surface area (Å²) in [5, 5.41) is 23.8. The van der Waals surface area contributed by atoms with E-state index in [9.17, 15) is 14.3 Å². The zero-order valence-corrected chi connectivity index (χ0v) is 19.6. The quantitative estimate of drug-likeness (QED) is 0.282. The summed E-state index contributed by atoms with van der Waals surface area (Å²) in [6.45, 7) is 1.97. The highest BCUT2D eigenvalue weighted by Gasteiger charge is 2.25. The van der Waals surface area contributed by atoms with Crippen molar-refractivity contribution >= 4 is 17.3 Å². The highest BCUT2D eigenvalue weighted by molar-refractivity contribution is 7.12. The first kappa shape index (κ1) is 23.6. The van der Waals surface area contributed by atoms with E-state index in [1.807, 2.05) is 30.4 Å². The Bertz CT molecular complexity index is 1090. The largest absolute Gasteiger partial charge is 0.478 e. The molecule has 0 spiro atoms. The van der Waals surface area contributed by atoms with Gasteiger partial charge in [0.2, 0.25) is 0 Å². The Labute approximate surface area is 198 Å². The van der Waals surface area contributed by atoms with Gasteiger partial charge in [0.1, 0.15) is 12.0 Å². The summed E-state index contributed by atoms with van der Waals surface area (Å²) < 4.78 is 13.3. The normalized spacial score (nSPS) is 15.5. The van der Waals surface area contributed by atoms with Crippen LogP contribution in [0.5, 0.6) is 0 Å². The van der Waals surface area contributed by atoms with Gasteiger partial charge in [-0.25, -0.2) is 9.18 Å². The van der Waals surface area contributed by atoms with Gasteiger partial charge in [-0.1, -0.05) is 30.7 Å². The highest BCUT2D eigenvalue weighted by atomic mass is 32.1. The van der Waals surface area contributed by atoms with Gasteiger partial charge in [0.25, 0.3) is 0 Å². The maximum Gasteiger partial charge on any atom is 0.335 e. The molecular formula is C27H30FNO3S. The van der Waals surface area contributed by atoms with E-state index in [1.54, 1.807) is 24.3 Å². The molecule has 33 heavy (non-hydrogen) atoms. The number of aliphatic hydroxyl groups is 1. The number of hydrogen-bond acceptors (Lipinski definition) is 4. The van der Waals surface area contributed by atoms with Crippen LogP contribution in [0.25, 0.3) is 0 Å². The van der Waals surface area contributed by atoms with Crippen LogP contribution in [0.2, 0.25) is 0 Å². The fourth-order valence-electron chi connectivity index (χ4n) is 4.57. The maximum atomic E-state index is 13.3. The third-order valence-corrected chi connectivity index (χ3v) is 7.80. The van der Waals surface area contributed by atoms with Crippen molar-refractivity contribution in [2.24, 2.45) is 0 Å². The van der Waals surface area contributed by atoms with Crippen molar-refractivity contribution in [3.63, 3.8) is 0 Å². The molecule has 0 radical (unpaired) electrons. The molecule has 4 nitrogen and oxygen atoms in total. The molecule has 3 aromatic rings. The number of fused-ring (bicyclic) bond motifs is 1. The summed E-state index contributed by atoms with van der Waals surface area (Å²) in [5.74, 6) is -1.18. The van der Waals surface area contributed by atoms with Crippen LogP contribution in [-0.4, -0.2) is 16.2 Å². The molecule has 3 N–H and O–H groups in total. The van der Waals surface area contributed by atoms with E-state index in [0.29, 0.717) is 0 Å². The summed E-state index contributed by atoms with van der Waals surface area (Å²) in [5.41, 5.74) is 4.55. The Morgan fingerprint density at radius 2 is 1.73 bits per heavy atom. The second kappa shape index (κ2) is 10.6. The molecule has 0 bridgehead atoms. The van der Waals surface area contributed by atoms with Crippen molar-refractivity contribution in [1.82, 2.24) is 5.32 Å². The minimum Gasteiger partial charge on any atom is -0.478 e. The molecule has 0 saturated carbocycles. The molecule has 2 atom stereocenters. The number of rotatable bonds is 8. The van der Waals surface area contributed by atoms with E-state index >= 15 is 0 Å². The van der Waals surface area contributed by atoms with Gasteiger partial charge in [-0.3, -0.25) is 5.32 Å². The van der Waals surface area contributed by atoms with E-state index < -0.39 is 12.2 Å². The number of carboxylic acid groups (broad SMARTS) is 1. The number of carbonyl (C=O) groups is 1. The Kier molecular flexibility index (Phi) is 7.58. The molecule has 2 aromatic carbocycles. The van der Waals surface area contributed by atoms with E-state index in [1.165, 1.54) is 40.3 Å². The van der Waals surface area contributed by atoms with E-state index in [-0.39, 0.29) is 17.4 Å². The molecule has 6 heteroatoms. The monoisotopic (exact) mass is 467 g/mol. The number of thiophene rings is 1. The van der Waals surface area contributed by atoms with Crippen LogP contribution in [0.1, 0.15) is 80.8 Å². The lowest BCUT2D eigenvalue weighted by molar-refractivity contribution is 0.0696. The fraction of sp³-hybridized carbons (Fsp3) is 0.370. The topological polar surface area (TPSA) is 69.6 Å². The van der Waals surface area contributed by atoms with Gasteiger partial charge in [0.05, 0.1) is 5.56 Å². The average molecular weight is 468 g/mol. The van der Waals surface area contributed by atoms with Crippen molar-refractivity contribution in [2.45, 2.75) is 64.1 Å². The number of nitrogens with one attached hydrogen (secondary N) is 1. The van der Waals surface area contributed by atoms with Crippen molar-refractivity contribution in [1.29, 1.82) is 0 Å². The molecule has 1 aliphatic carbocycles. The van der Waals surface area contributed by atoms with Crippen LogP contribution in [0.3, 0.4) is 0 Å². The predicted octanol–water partition coefficient (Wildman–Crippen LogP) is 5.98. The lowest BCUT2D eigenvalue weighted by Crippen LogP contribution is -2.25. The predicted molar refractivity (Wildman–Crippen MR) is 129 cm³/mol. The lowest BCUT2D eigenvalue weighted by atomic mass is 9.98. The highest BCUT2D eigenvalue weighted by Crippen LogP contribution is 2.38. The third kappa shape index (κ3) is 5.69. The van der Waals surface area contributed by atoms with E-state index in [4.69, 9.17) is 5.11 Å². The van der Waals surface area contributed by atoms with Crippen LogP contribution in [0, 0.1) is 5.82 Å². The molecule has 1 aliphatic rings. The zero-order valence-electron chi connectivity index (χ0n) is 18.8. The molecule has 174 valence electrons. The first-order chi connectivity index (χ1) is 15.9. The van der Waals surface area contributed by atoms with Crippen LogP contribution >= 0.6 is 11.3 Å². The van der Waals surface area contributed by atoms with Gasteiger partial charge in [0, 0.05) is 21.4 Å². The summed E-state index contributed by atoms with van der Waals surface area (Å²) in [6.07, 6.45) is 6.36.